The first-order valence-electron chi connectivity index (χ1n) is 7.11. The van der Waals surface area contributed by atoms with Crippen LogP contribution in [-0.4, -0.2) is 21.3 Å². The van der Waals surface area contributed by atoms with Crippen LogP contribution in [0.3, 0.4) is 0 Å². The number of hydrogen-bond acceptors (Lipinski definition) is 4. The lowest BCUT2D eigenvalue weighted by Gasteiger charge is -2.20. The lowest BCUT2D eigenvalue weighted by molar-refractivity contribution is 0.163. The molecular weight excluding hydrogens is 290 g/mol. The van der Waals surface area contributed by atoms with E-state index in [1.807, 2.05) is 6.07 Å². The summed E-state index contributed by atoms with van der Waals surface area (Å²) < 4.78 is 30.3. The van der Waals surface area contributed by atoms with E-state index in [1.54, 1.807) is 25.1 Å². The summed E-state index contributed by atoms with van der Waals surface area (Å²) in [7, 11) is -3.48. The molecule has 0 saturated heterocycles. The largest absolute Gasteiger partial charge is 0.461 e. The summed E-state index contributed by atoms with van der Waals surface area (Å²) in [6, 6.07) is 7.19. The van der Waals surface area contributed by atoms with Gasteiger partial charge in [0.2, 0.25) is 0 Å². The van der Waals surface area contributed by atoms with Crippen molar-refractivity contribution in [3.05, 3.63) is 30.0 Å². The maximum Gasteiger partial charge on any atom is 0.254 e. The molecular formula is C15H21NO4S. The van der Waals surface area contributed by atoms with E-state index >= 15 is 0 Å². The van der Waals surface area contributed by atoms with Gasteiger partial charge in [-0.3, -0.25) is 4.84 Å². The van der Waals surface area contributed by atoms with E-state index < -0.39 is 10.0 Å². The molecule has 0 spiro atoms. The molecule has 0 aliphatic carbocycles. The van der Waals surface area contributed by atoms with Gasteiger partial charge in [0.25, 0.3) is 10.0 Å². The summed E-state index contributed by atoms with van der Waals surface area (Å²) in [6.07, 6.45) is 4.19. The Bertz CT molecular complexity index is 706. The predicted molar refractivity (Wildman–Crippen MR) is 83.8 cm³/mol. The molecule has 0 aliphatic heterocycles. The second-order valence-corrected chi connectivity index (χ2v) is 6.74. The van der Waals surface area contributed by atoms with Gasteiger partial charge in [0, 0.05) is 11.8 Å². The zero-order valence-corrected chi connectivity index (χ0v) is 13.4. The van der Waals surface area contributed by atoms with Gasteiger partial charge in [-0.2, -0.15) is 0 Å². The summed E-state index contributed by atoms with van der Waals surface area (Å²) in [4.78, 5) is 5.23. The Balaban J connectivity index is 2.36. The van der Waals surface area contributed by atoms with Gasteiger partial charge in [-0.25, -0.2) is 8.42 Å². The number of fused-ring (bicyclic) bond motifs is 1. The highest BCUT2D eigenvalue weighted by molar-refractivity contribution is 7.91. The lowest BCUT2D eigenvalue weighted by atomic mass is 10.2. The predicted octanol–water partition coefficient (Wildman–Crippen LogP) is 3.49. The highest BCUT2D eigenvalue weighted by Gasteiger charge is 2.19. The van der Waals surface area contributed by atoms with Crippen molar-refractivity contribution in [3.63, 3.8) is 0 Å². The molecule has 0 radical (unpaired) electrons. The first-order valence-corrected chi connectivity index (χ1v) is 8.96. The minimum absolute atomic E-state index is 0.276. The highest BCUT2D eigenvalue weighted by atomic mass is 32.2. The number of sulfonamides is 1. The summed E-state index contributed by atoms with van der Waals surface area (Å²) in [5, 5.41) is 0.881. The smallest absolute Gasteiger partial charge is 0.254 e. The molecule has 0 atom stereocenters. The molecule has 0 saturated carbocycles. The zero-order chi connectivity index (χ0) is 15.5. The van der Waals surface area contributed by atoms with E-state index in [1.165, 1.54) is 0 Å². The minimum Gasteiger partial charge on any atom is -0.461 e. The fourth-order valence-electron chi connectivity index (χ4n) is 2.15. The SMILES string of the molecule is CCCCc1cc2cc(N(OCC)S(C)(=O)=O)ccc2o1. The van der Waals surface area contributed by atoms with Crippen molar-refractivity contribution in [2.75, 3.05) is 17.3 Å². The van der Waals surface area contributed by atoms with Crippen molar-refractivity contribution in [2.24, 2.45) is 0 Å². The molecule has 1 aromatic carbocycles. The van der Waals surface area contributed by atoms with Gasteiger partial charge in [-0.1, -0.05) is 13.3 Å². The number of anilines is 1. The number of nitrogens with zero attached hydrogens (tertiary/aromatic N) is 1. The monoisotopic (exact) mass is 311 g/mol. The van der Waals surface area contributed by atoms with Crippen LogP contribution in [0.25, 0.3) is 11.0 Å². The van der Waals surface area contributed by atoms with Gasteiger partial charge in [-0.05, 0) is 37.6 Å². The Morgan fingerprint density at radius 3 is 2.62 bits per heavy atom. The van der Waals surface area contributed by atoms with E-state index in [9.17, 15) is 8.42 Å². The normalized spacial score (nSPS) is 12.0. The molecule has 116 valence electrons. The minimum atomic E-state index is -3.48. The van der Waals surface area contributed by atoms with Gasteiger partial charge >= 0.3 is 0 Å². The van der Waals surface area contributed by atoms with Crippen molar-refractivity contribution in [2.45, 2.75) is 33.1 Å². The van der Waals surface area contributed by atoms with E-state index in [0.29, 0.717) is 5.69 Å². The second kappa shape index (κ2) is 6.49. The van der Waals surface area contributed by atoms with Gasteiger partial charge in [0.1, 0.15) is 11.3 Å². The Labute approximate surface area is 125 Å². The zero-order valence-electron chi connectivity index (χ0n) is 12.6. The van der Waals surface area contributed by atoms with Crippen LogP contribution in [0.5, 0.6) is 0 Å². The van der Waals surface area contributed by atoms with Gasteiger partial charge in [0.05, 0.1) is 18.6 Å². The van der Waals surface area contributed by atoms with Crippen LogP contribution in [0.1, 0.15) is 32.4 Å². The number of furan rings is 1. The van der Waals surface area contributed by atoms with Gasteiger partial charge in [0.15, 0.2) is 0 Å². The van der Waals surface area contributed by atoms with Crippen molar-refractivity contribution in [1.29, 1.82) is 0 Å². The average molecular weight is 311 g/mol. The molecule has 0 N–H and O–H groups in total. The molecule has 2 rings (SSSR count). The van der Waals surface area contributed by atoms with Crippen molar-refractivity contribution < 1.29 is 17.7 Å². The second-order valence-electron chi connectivity index (χ2n) is 4.95. The average Bonchev–Trinajstić information content (AvgIpc) is 2.82. The van der Waals surface area contributed by atoms with Gasteiger partial charge < -0.3 is 4.42 Å². The summed E-state index contributed by atoms with van der Waals surface area (Å²) in [5.41, 5.74) is 1.24. The highest BCUT2D eigenvalue weighted by Crippen LogP contribution is 2.27. The molecule has 0 fully saturated rings. The number of unbranched alkanes of at least 4 members (excludes halogenated alkanes) is 1. The van der Waals surface area contributed by atoms with Crippen LogP contribution < -0.4 is 4.47 Å². The Hall–Kier alpha value is -1.53. The Morgan fingerprint density at radius 2 is 2.00 bits per heavy atom. The number of benzene rings is 1. The summed E-state index contributed by atoms with van der Waals surface area (Å²) in [6.45, 7) is 4.16. The van der Waals surface area contributed by atoms with Crippen LogP contribution in [0.2, 0.25) is 0 Å². The Kier molecular flexibility index (Phi) is 4.90. The maximum absolute atomic E-state index is 11.8. The summed E-state index contributed by atoms with van der Waals surface area (Å²) >= 11 is 0. The molecule has 0 bridgehead atoms. The third-order valence-electron chi connectivity index (χ3n) is 3.09. The molecule has 21 heavy (non-hydrogen) atoms. The first-order chi connectivity index (χ1) is 9.95. The van der Waals surface area contributed by atoms with Crippen LogP contribution in [0, 0.1) is 0 Å². The number of hydrogen-bond donors (Lipinski definition) is 0. The molecule has 1 aromatic heterocycles. The van der Waals surface area contributed by atoms with E-state index in [2.05, 4.69) is 6.92 Å². The van der Waals surface area contributed by atoms with E-state index in [0.717, 1.165) is 46.7 Å². The van der Waals surface area contributed by atoms with Crippen LogP contribution >= 0.6 is 0 Å². The fraction of sp³-hybridized carbons (Fsp3) is 0.467. The third-order valence-corrected chi connectivity index (χ3v) is 4.00. The van der Waals surface area contributed by atoms with Crippen LogP contribution in [0.15, 0.2) is 28.7 Å². The first kappa shape index (κ1) is 15.9. The number of rotatable bonds is 7. The quantitative estimate of drug-likeness (QED) is 0.734. The molecule has 1 heterocycles. The lowest BCUT2D eigenvalue weighted by Crippen LogP contribution is -2.29. The van der Waals surface area contributed by atoms with Crippen molar-refractivity contribution >= 4 is 26.7 Å². The van der Waals surface area contributed by atoms with E-state index in [-0.39, 0.29) is 6.61 Å². The molecule has 2 aromatic rings. The van der Waals surface area contributed by atoms with Crippen LogP contribution in [-0.2, 0) is 21.3 Å². The molecule has 6 heteroatoms. The van der Waals surface area contributed by atoms with E-state index in [4.69, 9.17) is 9.25 Å². The molecule has 0 unspecified atom stereocenters. The standard InChI is InChI=1S/C15H21NO4S/c1-4-6-7-14-11-12-10-13(8-9-15(12)20-14)16(19-5-2)21(3,17)18/h8-11H,4-7H2,1-3H3. The van der Waals surface area contributed by atoms with Gasteiger partial charge in [-0.15, -0.1) is 4.47 Å². The Morgan fingerprint density at radius 1 is 1.24 bits per heavy atom. The van der Waals surface area contributed by atoms with Crippen molar-refractivity contribution in [1.82, 2.24) is 0 Å². The number of aryl methyl sites for hydroxylation is 1. The maximum atomic E-state index is 11.8. The molecule has 0 aliphatic rings. The summed E-state index contributed by atoms with van der Waals surface area (Å²) in [5.74, 6) is 0.923. The third kappa shape index (κ3) is 3.77. The molecule has 5 nitrogen and oxygen atoms in total. The molecule has 0 amide bonds. The van der Waals surface area contributed by atoms with Crippen LogP contribution in [0.4, 0.5) is 5.69 Å². The topological polar surface area (TPSA) is 59.8 Å². The van der Waals surface area contributed by atoms with Crippen molar-refractivity contribution in [3.8, 4) is 0 Å². The fourth-order valence-corrected chi connectivity index (χ4v) is 2.95.